The Bertz CT molecular complexity index is 496. The Hall–Kier alpha value is -1.30. The molecular weight excluding hydrogens is 304 g/mol. The summed E-state index contributed by atoms with van der Waals surface area (Å²) in [7, 11) is 0. The predicted octanol–water partition coefficient (Wildman–Crippen LogP) is 2.65. The summed E-state index contributed by atoms with van der Waals surface area (Å²) in [6.07, 6.45) is 2.05. The van der Waals surface area contributed by atoms with Crippen molar-refractivity contribution in [3.05, 3.63) is 23.8 Å². The van der Waals surface area contributed by atoms with Crippen LogP contribution in [0.25, 0.3) is 0 Å². The van der Waals surface area contributed by atoms with E-state index in [9.17, 15) is 4.79 Å². The number of halogens is 1. The van der Waals surface area contributed by atoms with Crippen LogP contribution in [0.15, 0.2) is 18.2 Å². The molecule has 1 heterocycles. The number of rotatable bonds is 6. The van der Waals surface area contributed by atoms with Crippen molar-refractivity contribution >= 4 is 24.0 Å². The Morgan fingerprint density at radius 3 is 2.86 bits per heavy atom. The van der Waals surface area contributed by atoms with Crippen molar-refractivity contribution < 1.29 is 14.3 Å². The molecule has 0 aromatic heterocycles. The normalized spacial score (nSPS) is 20.3. The van der Waals surface area contributed by atoms with Gasteiger partial charge in [-0.3, -0.25) is 4.79 Å². The molecule has 1 saturated heterocycles. The maximum absolute atomic E-state index is 12.3. The summed E-state index contributed by atoms with van der Waals surface area (Å²) in [5, 5.41) is 2.90. The molecule has 1 amide bonds. The molecule has 1 fully saturated rings. The van der Waals surface area contributed by atoms with E-state index in [1.54, 1.807) is 0 Å². The van der Waals surface area contributed by atoms with Crippen molar-refractivity contribution in [2.45, 2.75) is 45.3 Å². The molecule has 0 radical (unpaired) electrons. The van der Waals surface area contributed by atoms with Crippen molar-refractivity contribution in [2.24, 2.45) is 5.73 Å². The lowest BCUT2D eigenvalue weighted by atomic mass is 10.1. The van der Waals surface area contributed by atoms with E-state index in [-0.39, 0.29) is 24.4 Å². The second-order valence-electron chi connectivity index (χ2n) is 5.40. The van der Waals surface area contributed by atoms with Crippen LogP contribution in [0.1, 0.15) is 31.7 Å². The number of carbonyl (C=O) groups excluding carboxylic acids is 1. The molecular formula is C16H25ClN2O3. The molecule has 0 saturated carbocycles. The van der Waals surface area contributed by atoms with Crippen LogP contribution >= 0.6 is 12.4 Å². The zero-order chi connectivity index (χ0) is 15.2. The zero-order valence-electron chi connectivity index (χ0n) is 13.1. The molecule has 0 bridgehead atoms. The highest BCUT2D eigenvalue weighted by atomic mass is 35.5. The van der Waals surface area contributed by atoms with Crippen LogP contribution in [0, 0.1) is 6.92 Å². The first kappa shape index (κ1) is 18.7. The largest absolute Gasteiger partial charge is 0.491 e. The molecule has 0 aliphatic carbocycles. The number of ether oxygens (including phenoxy) is 2. The summed E-state index contributed by atoms with van der Waals surface area (Å²) in [5.41, 5.74) is 7.36. The van der Waals surface area contributed by atoms with Gasteiger partial charge >= 0.3 is 0 Å². The third-order valence-electron chi connectivity index (χ3n) is 3.52. The fourth-order valence-electron chi connectivity index (χ4n) is 2.35. The molecule has 5 nitrogen and oxygen atoms in total. The smallest absolute Gasteiger partial charge is 0.253 e. The van der Waals surface area contributed by atoms with E-state index < -0.39 is 6.10 Å². The fraction of sp³-hybridized carbons (Fsp3) is 0.562. The molecule has 1 aromatic rings. The van der Waals surface area contributed by atoms with Crippen LogP contribution in [0.4, 0.5) is 5.69 Å². The van der Waals surface area contributed by atoms with Gasteiger partial charge in [0.25, 0.3) is 5.91 Å². The SMILES string of the molecule is CCCOc1cc(C)ccc1NC(=O)[C@@H]1CC[C@H](CN)O1.Cl. The first-order chi connectivity index (χ1) is 10.1. The van der Waals surface area contributed by atoms with Crippen LogP contribution in [-0.2, 0) is 9.53 Å². The molecule has 0 unspecified atom stereocenters. The Labute approximate surface area is 138 Å². The highest BCUT2D eigenvalue weighted by Gasteiger charge is 2.30. The molecule has 3 N–H and O–H groups in total. The predicted molar refractivity (Wildman–Crippen MR) is 89.8 cm³/mol. The zero-order valence-corrected chi connectivity index (χ0v) is 13.9. The van der Waals surface area contributed by atoms with Gasteiger partial charge in [-0.15, -0.1) is 12.4 Å². The summed E-state index contributed by atoms with van der Waals surface area (Å²) in [5.74, 6) is 0.578. The van der Waals surface area contributed by atoms with Gasteiger partial charge in [0, 0.05) is 6.54 Å². The fourth-order valence-corrected chi connectivity index (χ4v) is 2.35. The molecule has 124 valence electrons. The second kappa shape index (κ2) is 8.98. The first-order valence-electron chi connectivity index (χ1n) is 7.54. The average molecular weight is 329 g/mol. The van der Waals surface area contributed by atoms with Gasteiger partial charge in [-0.25, -0.2) is 0 Å². The maximum atomic E-state index is 12.3. The molecule has 1 aliphatic rings. The standard InChI is InChI=1S/C16H24N2O3.ClH/c1-3-8-20-15-9-11(2)4-6-13(15)18-16(19)14-7-5-12(10-17)21-14;/h4,6,9,12,14H,3,5,7-8,10,17H2,1-2H3,(H,18,19);1H/t12-,14+;/m1./s1. The lowest BCUT2D eigenvalue weighted by molar-refractivity contribution is -0.126. The van der Waals surface area contributed by atoms with Crippen LogP contribution < -0.4 is 15.8 Å². The molecule has 22 heavy (non-hydrogen) atoms. The van der Waals surface area contributed by atoms with Gasteiger partial charge < -0.3 is 20.5 Å². The van der Waals surface area contributed by atoms with E-state index in [0.29, 0.717) is 31.0 Å². The van der Waals surface area contributed by atoms with Gasteiger partial charge in [0.15, 0.2) is 0 Å². The number of aryl methyl sites for hydroxylation is 1. The van der Waals surface area contributed by atoms with Crippen molar-refractivity contribution in [3.8, 4) is 5.75 Å². The Kier molecular flexibility index (Phi) is 7.65. The molecule has 1 aliphatic heterocycles. The monoisotopic (exact) mass is 328 g/mol. The number of benzene rings is 1. The van der Waals surface area contributed by atoms with Crippen molar-refractivity contribution in [1.82, 2.24) is 0 Å². The minimum absolute atomic E-state index is 0. The number of hydrogen-bond donors (Lipinski definition) is 2. The van der Waals surface area contributed by atoms with E-state index in [2.05, 4.69) is 5.32 Å². The van der Waals surface area contributed by atoms with Gasteiger partial charge in [0.1, 0.15) is 11.9 Å². The summed E-state index contributed by atoms with van der Waals surface area (Å²) < 4.78 is 11.3. The van der Waals surface area contributed by atoms with E-state index in [0.717, 1.165) is 18.4 Å². The minimum Gasteiger partial charge on any atom is -0.491 e. The maximum Gasteiger partial charge on any atom is 0.253 e. The second-order valence-corrected chi connectivity index (χ2v) is 5.40. The lowest BCUT2D eigenvalue weighted by Gasteiger charge is -2.16. The van der Waals surface area contributed by atoms with E-state index in [4.69, 9.17) is 15.2 Å². The van der Waals surface area contributed by atoms with Crippen molar-refractivity contribution in [2.75, 3.05) is 18.5 Å². The van der Waals surface area contributed by atoms with E-state index in [1.807, 2.05) is 32.0 Å². The van der Waals surface area contributed by atoms with Gasteiger partial charge in [0.2, 0.25) is 0 Å². The molecule has 1 aromatic carbocycles. The Morgan fingerprint density at radius 1 is 1.45 bits per heavy atom. The van der Waals surface area contributed by atoms with Crippen molar-refractivity contribution in [3.63, 3.8) is 0 Å². The summed E-state index contributed by atoms with van der Waals surface area (Å²) >= 11 is 0. The molecule has 0 spiro atoms. The van der Waals surface area contributed by atoms with Crippen LogP contribution in [0.3, 0.4) is 0 Å². The van der Waals surface area contributed by atoms with Gasteiger partial charge in [-0.1, -0.05) is 13.0 Å². The first-order valence-corrected chi connectivity index (χ1v) is 7.54. The lowest BCUT2D eigenvalue weighted by Crippen LogP contribution is -2.30. The summed E-state index contributed by atoms with van der Waals surface area (Å²) in [6, 6.07) is 5.75. The van der Waals surface area contributed by atoms with Crippen LogP contribution in [0.5, 0.6) is 5.75 Å². The average Bonchev–Trinajstić information content (AvgIpc) is 2.96. The van der Waals surface area contributed by atoms with Crippen LogP contribution in [-0.4, -0.2) is 31.3 Å². The third kappa shape index (κ3) is 4.87. The Balaban J connectivity index is 0.00000242. The molecule has 2 rings (SSSR count). The van der Waals surface area contributed by atoms with Gasteiger partial charge in [-0.05, 0) is 43.9 Å². The minimum atomic E-state index is -0.418. The molecule has 6 heteroatoms. The number of anilines is 1. The summed E-state index contributed by atoms with van der Waals surface area (Å²) in [6.45, 7) is 5.13. The van der Waals surface area contributed by atoms with E-state index in [1.165, 1.54) is 0 Å². The van der Waals surface area contributed by atoms with Gasteiger partial charge in [-0.2, -0.15) is 0 Å². The Morgan fingerprint density at radius 2 is 2.23 bits per heavy atom. The number of carbonyl (C=O) groups is 1. The number of nitrogens with two attached hydrogens (primary N) is 1. The van der Waals surface area contributed by atoms with E-state index >= 15 is 0 Å². The van der Waals surface area contributed by atoms with Crippen molar-refractivity contribution in [1.29, 1.82) is 0 Å². The van der Waals surface area contributed by atoms with Gasteiger partial charge in [0.05, 0.1) is 18.4 Å². The highest BCUT2D eigenvalue weighted by molar-refractivity contribution is 5.95. The number of hydrogen-bond acceptors (Lipinski definition) is 4. The quantitative estimate of drug-likeness (QED) is 0.842. The van der Waals surface area contributed by atoms with Crippen LogP contribution in [0.2, 0.25) is 0 Å². The topological polar surface area (TPSA) is 73.6 Å². The highest BCUT2D eigenvalue weighted by Crippen LogP contribution is 2.27. The third-order valence-corrected chi connectivity index (χ3v) is 3.52. The number of amides is 1. The summed E-state index contributed by atoms with van der Waals surface area (Å²) in [4.78, 5) is 12.3. The number of nitrogens with one attached hydrogen (secondary N) is 1. The molecule has 2 atom stereocenters.